The highest BCUT2D eigenvalue weighted by Gasteiger charge is 2.67. The highest BCUT2D eigenvalue weighted by atomic mass is 79.9. The van der Waals surface area contributed by atoms with Gasteiger partial charge in [0.05, 0.1) is 27.4 Å². The molecular formula is C32H21BrN2O5. The van der Waals surface area contributed by atoms with Gasteiger partial charge in [-0.2, -0.15) is 0 Å². The Morgan fingerprint density at radius 1 is 0.750 bits per heavy atom. The molecule has 3 aliphatic carbocycles. The second-order valence-electron chi connectivity index (χ2n) is 10.3. The van der Waals surface area contributed by atoms with E-state index in [4.69, 9.17) is 5.11 Å². The number of anilines is 2. The molecule has 1 aliphatic heterocycles. The molecule has 1 saturated heterocycles. The lowest BCUT2D eigenvalue weighted by Gasteiger charge is -2.51. The monoisotopic (exact) mass is 592 g/mol. The lowest BCUT2D eigenvalue weighted by molar-refractivity contribution is -0.122. The number of amides is 3. The second-order valence-corrected chi connectivity index (χ2v) is 11.5. The highest BCUT2D eigenvalue weighted by molar-refractivity contribution is 9.09. The van der Waals surface area contributed by atoms with E-state index in [9.17, 15) is 19.2 Å². The molecule has 0 saturated carbocycles. The average molecular weight is 593 g/mol. The quantitative estimate of drug-likeness (QED) is 0.239. The molecule has 4 aromatic carbocycles. The maximum Gasteiger partial charge on any atom is 0.335 e. The van der Waals surface area contributed by atoms with Crippen molar-refractivity contribution in [3.63, 3.8) is 0 Å². The fourth-order valence-electron chi connectivity index (χ4n) is 6.59. The van der Waals surface area contributed by atoms with Gasteiger partial charge in [0.15, 0.2) is 0 Å². The van der Waals surface area contributed by atoms with Crippen LogP contribution in [0.5, 0.6) is 0 Å². The molecule has 0 aromatic heterocycles. The topological polar surface area (TPSA) is 104 Å². The Morgan fingerprint density at radius 2 is 1.30 bits per heavy atom. The number of carboxylic acid groups (broad SMARTS) is 1. The smallest absolute Gasteiger partial charge is 0.335 e. The summed E-state index contributed by atoms with van der Waals surface area (Å²) in [4.78, 5) is 53.2. The number of aromatic carboxylic acids is 1. The van der Waals surface area contributed by atoms with Gasteiger partial charge in [0.25, 0.3) is 5.91 Å². The van der Waals surface area contributed by atoms with Crippen LogP contribution >= 0.6 is 15.9 Å². The van der Waals surface area contributed by atoms with E-state index in [0.29, 0.717) is 16.9 Å². The van der Waals surface area contributed by atoms with Crippen LogP contribution in [0.25, 0.3) is 0 Å². The van der Waals surface area contributed by atoms with Gasteiger partial charge in [0.1, 0.15) is 0 Å². The number of nitrogens with one attached hydrogen (secondary N) is 1. The van der Waals surface area contributed by atoms with Gasteiger partial charge in [-0.1, -0.05) is 64.5 Å². The molecule has 1 heterocycles. The number of carbonyl (C=O) groups is 4. The normalized spacial score (nSPS) is 23.8. The van der Waals surface area contributed by atoms with Crippen LogP contribution in [0.4, 0.5) is 11.4 Å². The predicted molar refractivity (Wildman–Crippen MR) is 152 cm³/mol. The Morgan fingerprint density at radius 3 is 1.88 bits per heavy atom. The number of hydrogen-bond acceptors (Lipinski definition) is 4. The van der Waals surface area contributed by atoms with E-state index in [1.54, 1.807) is 24.3 Å². The number of carboxylic acids is 1. The molecule has 0 unspecified atom stereocenters. The highest BCUT2D eigenvalue weighted by Crippen LogP contribution is 2.66. The average Bonchev–Trinajstić information content (AvgIpc) is 3.24. The standard InChI is InChI=1S/C32H21BrN2O5/c33-32-23-7-3-1-5-21(23)25(22-6-2-4-8-24(22)32)26-27(32)30(38)35(29(26)37)20-15-11-17(12-16-20)28(36)34-19-13-9-18(10-14-19)31(39)40/h1-16,25-27H,(H,34,36)(H,39,40)/t25?,26-,27+,32?/m1/s1. The maximum absolute atomic E-state index is 14.1. The van der Waals surface area contributed by atoms with Crippen LogP contribution in [0.1, 0.15) is 48.9 Å². The number of nitrogens with zero attached hydrogens (tertiary/aromatic N) is 1. The van der Waals surface area contributed by atoms with E-state index in [1.807, 2.05) is 48.5 Å². The summed E-state index contributed by atoms with van der Waals surface area (Å²) in [7, 11) is 0. The lowest BCUT2D eigenvalue weighted by Crippen LogP contribution is -2.50. The zero-order valence-corrected chi connectivity index (χ0v) is 22.5. The van der Waals surface area contributed by atoms with Gasteiger partial charge in [0.2, 0.25) is 11.8 Å². The van der Waals surface area contributed by atoms with Crippen LogP contribution in [-0.2, 0) is 13.9 Å². The Labute approximate surface area is 237 Å². The zero-order valence-electron chi connectivity index (χ0n) is 20.9. The summed E-state index contributed by atoms with van der Waals surface area (Å²) in [5.41, 5.74) is 5.47. The number of benzene rings is 4. The van der Waals surface area contributed by atoms with Crippen LogP contribution in [0.3, 0.4) is 0 Å². The lowest BCUT2D eigenvalue weighted by atomic mass is 9.55. The Hall–Kier alpha value is -4.56. The van der Waals surface area contributed by atoms with Gasteiger partial charge < -0.3 is 10.4 Å². The third-order valence-corrected chi connectivity index (χ3v) is 9.64. The molecule has 7 nitrogen and oxygen atoms in total. The molecule has 2 bridgehead atoms. The van der Waals surface area contributed by atoms with E-state index in [2.05, 4.69) is 21.2 Å². The van der Waals surface area contributed by atoms with Crippen LogP contribution in [-0.4, -0.2) is 28.8 Å². The summed E-state index contributed by atoms with van der Waals surface area (Å²) in [6.07, 6.45) is 0. The van der Waals surface area contributed by atoms with Crippen molar-refractivity contribution in [1.82, 2.24) is 0 Å². The van der Waals surface area contributed by atoms with Crippen molar-refractivity contribution in [3.05, 3.63) is 130 Å². The zero-order chi connectivity index (χ0) is 27.8. The Balaban J connectivity index is 1.20. The summed E-state index contributed by atoms with van der Waals surface area (Å²) in [5, 5.41) is 11.8. The molecule has 8 rings (SSSR count). The first-order chi connectivity index (χ1) is 19.3. The Kier molecular flexibility index (Phi) is 5.34. The second kappa shape index (κ2) is 8.72. The minimum Gasteiger partial charge on any atom is -0.478 e. The van der Waals surface area contributed by atoms with Crippen molar-refractivity contribution in [2.75, 3.05) is 10.2 Å². The minimum atomic E-state index is -1.05. The maximum atomic E-state index is 14.1. The van der Waals surface area contributed by atoms with Crippen molar-refractivity contribution in [1.29, 1.82) is 0 Å². The van der Waals surface area contributed by atoms with E-state index in [1.165, 1.54) is 29.2 Å². The summed E-state index contributed by atoms with van der Waals surface area (Å²) < 4.78 is -0.822. The van der Waals surface area contributed by atoms with Crippen LogP contribution in [0.2, 0.25) is 0 Å². The molecule has 2 N–H and O–H groups in total. The van der Waals surface area contributed by atoms with Crippen molar-refractivity contribution >= 4 is 51.0 Å². The van der Waals surface area contributed by atoms with Crippen molar-refractivity contribution in [2.24, 2.45) is 11.8 Å². The first-order valence-electron chi connectivity index (χ1n) is 12.8. The molecule has 4 aromatic rings. The fraction of sp³-hybridized carbons (Fsp3) is 0.125. The Bertz CT molecular complexity index is 1700. The largest absolute Gasteiger partial charge is 0.478 e. The molecule has 196 valence electrons. The molecule has 1 fully saturated rings. The van der Waals surface area contributed by atoms with E-state index < -0.39 is 28.0 Å². The van der Waals surface area contributed by atoms with E-state index in [-0.39, 0.29) is 23.3 Å². The molecule has 40 heavy (non-hydrogen) atoms. The molecule has 3 amide bonds. The fourth-order valence-corrected chi connectivity index (χ4v) is 7.80. The number of halogens is 1. The van der Waals surface area contributed by atoms with Crippen molar-refractivity contribution < 1.29 is 24.3 Å². The van der Waals surface area contributed by atoms with Gasteiger partial charge in [-0.05, 0) is 70.8 Å². The van der Waals surface area contributed by atoms with Crippen LogP contribution < -0.4 is 10.2 Å². The first-order valence-corrected chi connectivity index (χ1v) is 13.6. The van der Waals surface area contributed by atoms with Gasteiger partial charge in [-0.15, -0.1) is 0 Å². The number of alkyl halides is 1. The predicted octanol–water partition coefficient (Wildman–Crippen LogP) is 5.54. The number of rotatable bonds is 4. The summed E-state index contributed by atoms with van der Waals surface area (Å²) in [6.45, 7) is 0. The molecule has 8 heteroatoms. The number of carbonyl (C=O) groups excluding carboxylic acids is 3. The number of hydrogen-bond donors (Lipinski definition) is 2. The number of imide groups is 1. The van der Waals surface area contributed by atoms with Crippen molar-refractivity contribution in [2.45, 2.75) is 10.2 Å². The van der Waals surface area contributed by atoms with E-state index >= 15 is 0 Å². The molecule has 0 spiro atoms. The summed E-state index contributed by atoms with van der Waals surface area (Å²) >= 11 is 3.99. The minimum absolute atomic E-state index is 0.118. The van der Waals surface area contributed by atoms with Gasteiger partial charge in [0, 0.05) is 17.2 Å². The first kappa shape index (κ1) is 24.5. The van der Waals surface area contributed by atoms with Gasteiger partial charge in [-0.25, -0.2) is 9.69 Å². The van der Waals surface area contributed by atoms with Crippen LogP contribution in [0, 0.1) is 11.8 Å². The molecular weight excluding hydrogens is 572 g/mol. The van der Waals surface area contributed by atoms with Crippen LogP contribution in [0.15, 0.2) is 97.1 Å². The summed E-state index contributed by atoms with van der Waals surface area (Å²) in [6, 6.07) is 28.2. The third kappa shape index (κ3) is 3.29. The summed E-state index contributed by atoms with van der Waals surface area (Å²) in [5.74, 6) is -3.34. The van der Waals surface area contributed by atoms with Crippen molar-refractivity contribution in [3.8, 4) is 0 Å². The third-order valence-electron chi connectivity index (χ3n) is 8.29. The van der Waals surface area contributed by atoms with Gasteiger partial charge >= 0.3 is 5.97 Å². The molecule has 2 atom stereocenters. The molecule has 0 radical (unpaired) electrons. The SMILES string of the molecule is O=C(O)c1ccc(NC(=O)c2ccc(N3C(=O)[C@@H]4C5c6ccccc6C(Br)(c6ccccc65)[C@@H]4C3=O)cc2)cc1. The molecule has 4 aliphatic rings. The van der Waals surface area contributed by atoms with E-state index in [0.717, 1.165) is 22.3 Å². The van der Waals surface area contributed by atoms with Gasteiger partial charge in [-0.3, -0.25) is 14.4 Å².